The Morgan fingerprint density at radius 3 is 3.08 bits per heavy atom. The van der Waals surface area contributed by atoms with Gasteiger partial charge in [-0.15, -0.1) is 0 Å². The second-order valence-corrected chi connectivity index (χ2v) is 3.93. The van der Waals surface area contributed by atoms with E-state index in [9.17, 15) is 4.79 Å². The number of nitrogens with two attached hydrogens (primary N) is 1. The van der Waals surface area contributed by atoms with Crippen LogP contribution in [0.1, 0.15) is 6.92 Å². The van der Waals surface area contributed by atoms with Crippen LogP contribution in [0.25, 0.3) is 0 Å². The zero-order chi connectivity index (χ0) is 9.59. The number of hydrogen-bond donors (Lipinski definition) is 2. The number of epoxide rings is 1. The fourth-order valence-electron chi connectivity index (χ4n) is 1.28. The summed E-state index contributed by atoms with van der Waals surface area (Å²) in [6.07, 6.45) is -0.391. The van der Waals surface area contributed by atoms with Crippen molar-refractivity contribution >= 4 is 32.2 Å². The van der Waals surface area contributed by atoms with E-state index >= 15 is 0 Å². The summed E-state index contributed by atoms with van der Waals surface area (Å²) in [6, 6.07) is 0. The van der Waals surface area contributed by atoms with Crippen LogP contribution in [0.4, 0.5) is 0 Å². The number of nitrogens with one attached hydrogen (secondary N) is 1. The van der Waals surface area contributed by atoms with E-state index in [1.165, 1.54) is 0 Å². The molecule has 0 aromatic carbocycles. The van der Waals surface area contributed by atoms with Gasteiger partial charge in [-0.25, -0.2) is 0 Å². The van der Waals surface area contributed by atoms with E-state index in [1.54, 1.807) is 0 Å². The van der Waals surface area contributed by atoms with Crippen LogP contribution in [0.15, 0.2) is 16.2 Å². The molecule has 0 spiro atoms. The lowest BCUT2D eigenvalue weighted by Gasteiger charge is -2.02. The maximum atomic E-state index is 11.1. The average molecular weight is 293 g/mol. The second-order valence-electron chi connectivity index (χ2n) is 2.91. The van der Waals surface area contributed by atoms with Crippen LogP contribution in [-0.4, -0.2) is 22.0 Å². The topological polar surface area (TPSA) is 80.0 Å². The van der Waals surface area contributed by atoms with Crippen molar-refractivity contribution in [1.29, 1.82) is 0 Å². The van der Waals surface area contributed by atoms with Gasteiger partial charge in [0.05, 0.1) is 5.57 Å². The number of primary amides is 1. The molecule has 6 heteroatoms. The van der Waals surface area contributed by atoms with Crippen LogP contribution < -0.4 is 11.2 Å². The Hall–Kier alpha value is -0.630. The van der Waals surface area contributed by atoms with Crippen LogP contribution in [0, 0.1) is 0 Å². The van der Waals surface area contributed by atoms with Gasteiger partial charge in [0.25, 0.3) is 0 Å². The molecule has 1 fully saturated rings. The predicted molar refractivity (Wildman–Crippen MR) is 55.1 cm³/mol. The van der Waals surface area contributed by atoms with Crippen molar-refractivity contribution in [3.8, 4) is 0 Å². The Morgan fingerprint density at radius 2 is 2.46 bits per heavy atom. The minimum absolute atomic E-state index is 0.176. The number of amides is 1. The smallest absolute Gasteiger partial charge is 0.247 e. The van der Waals surface area contributed by atoms with E-state index in [1.807, 2.05) is 6.92 Å². The first-order valence-electron chi connectivity index (χ1n) is 3.76. The van der Waals surface area contributed by atoms with Gasteiger partial charge in [0.15, 0.2) is 6.23 Å². The van der Waals surface area contributed by atoms with E-state index in [2.05, 4.69) is 33.1 Å². The molecule has 0 bridgehead atoms. The molecular formula is C7H8IN3O2. The SMILES string of the molecule is CC1=C(C(N)=O)C2OC2NN=C1I. The molecule has 0 radical (unpaired) electrons. The van der Waals surface area contributed by atoms with Crippen molar-refractivity contribution in [2.75, 3.05) is 0 Å². The number of hydrogen-bond acceptors (Lipinski definition) is 4. The molecular weight excluding hydrogens is 285 g/mol. The van der Waals surface area contributed by atoms with Gasteiger partial charge in [0.2, 0.25) is 5.91 Å². The van der Waals surface area contributed by atoms with Gasteiger partial charge in [-0.2, -0.15) is 5.10 Å². The van der Waals surface area contributed by atoms with E-state index in [0.29, 0.717) is 5.57 Å². The highest BCUT2D eigenvalue weighted by Gasteiger charge is 2.46. The largest absolute Gasteiger partial charge is 0.366 e. The molecule has 5 nitrogen and oxygen atoms in total. The first kappa shape index (κ1) is 8.95. The van der Waals surface area contributed by atoms with E-state index < -0.39 is 5.91 Å². The first-order valence-corrected chi connectivity index (χ1v) is 4.84. The van der Waals surface area contributed by atoms with Crippen LogP contribution in [0.2, 0.25) is 0 Å². The highest BCUT2D eigenvalue weighted by atomic mass is 127. The van der Waals surface area contributed by atoms with Crippen LogP contribution in [-0.2, 0) is 9.53 Å². The highest BCUT2D eigenvalue weighted by Crippen LogP contribution is 2.32. The van der Waals surface area contributed by atoms with Gasteiger partial charge < -0.3 is 10.5 Å². The molecule has 2 unspecified atom stereocenters. The lowest BCUT2D eigenvalue weighted by molar-refractivity contribution is -0.114. The molecule has 0 saturated carbocycles. The molecule has 2 rings (SSSR count). The normalized spacial score (nSPS) is 31.4. The number of rotatable bonds is 1. The van der Waals surface area contributed by atoms with Crippen molar-refractivity contribution in [3.63, 3.8) is 0 Å². The van der Waals surface area contributed by atoms with Crippen LogP contribution in [0.5, 0.6) is 0 Å². The Morgan fingerprint density at radius 1 is 1.77 bits per heavy atom. The fourth-order valence-corrected chi connectivity index (χ4v) is 1.71. The maximum absolute atomic E-state index is 11.1. The number of ether oxygens (including phenoxy) is 1. The summed E-state index contributed by atoms with van der Waals surface area (Å²) in [7, 11) is 0. The van der Waals surface area contributed by atoms with Gasteiger partial charge in [-0.3, -0.25) is 10.2 Å². The number of hydrazone groups is 1. The Bertz CT molecular complexity index is 337. The van der Waals surface area contributed by atoms with Crippen molar-refractivity contribution in [1.82, 2.24) is 5.43 Å². The van der Waals surface area contributed by atoms with Crippen LogP contribution in [0.3, 0.4) is 0 Å². The third kappa shape index (κ3) is 1.44. The standard InChI is InChI=1S/C7H8IN3O2/c1-2-3(6(9)12)4-7(13-4)11-10-5(2)8/h4,7,11H,1H3,(H2,9,12). The van der Waals surface area contributed by atoms with Crippen molar-refractivity contribution < 1.29 is 9.53 Å². The number of halogens is 1. The Balaban J connectivity index is 2.43. The second kappa shape index (κ2) is 2.95. The van der Waals surface area contributed by atoms with Crippen molar-refractivity contribution in [2.24, 2.45) is 10.8 Å². The summed E-state index contributed by atoms with van der Waals surface area (Å²) < 4.78 is 5.92. The zero-order valence-corrected chi connectivity index (χ0v) is 9.03. The molecule has 1 saturated heterocycles. The Kier molecular flexibility index (Phi) is 2.03. The summed E-state index contributed by atoms with van der Waals surface area (Å²) in [5.74, 6) is -0.432. The van der Waals surface area contributed by atoms with Gasteiger partial charge in [0, 0.05) is 0 Å². The van der Waals surface area contributed by atoms with Gasteiger partial charge in [-0.05, 0) is 35.1 Å². The molecule has 0 aliphatic carbocycles. The fraction of sp³-hybridized carbons (Fsp3) is 0.429. The van der Waals surface area contributed by atoms with E-state index in [0.717, 1.165) is 9.29 Å². The number of fused-ring (bicyclic) bond motifs is 1. The van der Waals surface area contributed by atoms with Gasteiger partial charge in [0.1, 0.15) is 9.82 Å². The number of nitrogens with zero attached hydrogens (tertiary/aromatic N) is 1. The van der Waals surface area contributed by atoms with Crippen molar-refractivity contribution in [2.45, 2.75) is 19.3 Å². The molecule has 2 atom stereocenters. The predicted octanol–water partition coefficient (Wildman–Crippen LogP) is -0.135. The summed E-state index contributed by atoms with van der Waals surface area (Å²) >= 11 is 2.05. The first-order chi connectivity index (χ1) is 6.11. The average Bonchev–Trinajstić information content (AvgIpc) is 2.78. The quantitative estimate of drug-likeness (QED) is 0.522. The molecule has 1 amide bonds. The number of carbonyl (C=O) groups excluding carboxylic acids is 1. The molecule has 2 aliphatic heterocycles. The number of carbonyl (C=O) groups is 1. The summed E-state index contributed by atoms with van der Waals surface area (Å²) in [5.41, 5.74) is 9.36. The van der Waals surface area contributed by atoms with Gasteiger partial charge >= 0.3 is 0 Å². The molecule has 2 aliphatic rings. The zero-order valence-electron chi connectivity index (χ0n) is 6.87. The lowest BCUT2D eigenvalue weighted by Crippen LogP contribution is -2.22. The third-order valence-corrected chi connectivity index (χ3v) is 3.10. The van der Waals surface area contributed by atoms with Crippen LogP contribution >= 0.6 is 22.6 Å². The van der Waals surface area contributed by atoms with Crippen molar-refractivity contribution in [3.05, 3.63) is 11.1 Å². The molecule has 0 aromatic heterocycles. The van der Waals surface area contributed by atoms with Gasteiger partial charge in [-0.1, -0.05) is 0 Å². The minimum atomic E-state index is -0.432. The lowest BCUT2D eigenvalue weighted by atomic mass is 10.1. The third-order valence-electron chi connectivity index (χ3n) is 2.04. The maximum Gasteiger partial charge on any atom is 0.247 e. The summed E-state index contributed by atoms with van der Waals surface area (Å²) in [6.45, 7) is 1.82. The molecule has 70 valence electrons. The van der Waals surface area contributed by atoms with E-state index in [-0.39, 0.29) is 12.3 Å². The Labute approximate surface area is 88.5 Å². The summed E-state index contributed by atoms with van der Waals surface area (Å²) in [5, 5.41) is 4.02. The molecule has 3 N–H and O–H groups in total. The number of allylic oxidation sites excluding steroid dienone is 1. The molecule has 2 heterocycles. The summed E-state index contributed by atoms with van der Waals surface area (Å²) in [4.78, 5) is 11.1. The van der Waals surface area contributed by atoms with E-state index in [4.69, 9.17) is 10.5 Å². The monoisotopic (exact) mass is 293 g/mol. The molecule has 13 heavy (non-hydrogen) atoms. The molecule has 0 aromatic rings. The highest BCUT2D eigenvalue weighted by molar-refractivity contribution is 14.1. The minimum Gasteiger partial charge on any atom is -0.366 e.